The minimum absolute atomic E-state index is 0.184. The van der Waals surface area contributed by atoms with E-state index in [-0.39, 0.29) is 29.7 Å². The van der Waals surface area contributed by atoms with Crippen LogP contribution >= 0.6 is 0 Å². The van der Waals surface area contributed by atoms with Crippen LogP contribution in [0.25, 0.3) is 83.0 Å². The zero-order valence-corrected chi connectivity index (χ0v) is 25.3. The zero-order chi connectivity index (χ0) is 35.5. The lowest BCUT2D eigenvalue weighted by molar-refractivity contribution is 1.10. The third kappa shape index (κ3) is 4.46. The molecule has 2 nitrogen and oxygen atoms in total. The minimum Gasteiger partial charge on any atom is -0.292 e. The first kappa shape index (κ1) is 22.3. The van der Waals surface area contributed by atoms with Crippen LogP contribution in [-0.4, -0.2) is 9.55 Å². The van der Waals surface area contributed by atoms with Crippen molar-refractivity contribution in [3.8, 4) is 50.5 Å². The molecule has 0 saturated carbocycles. The standard InChI is InChI=1S/C45H30N2/c1-3-17-31(18-4-1)33-21-7-8-22-34(33)43-35-23-9-11-25-37(35)44(38-26-12-10-24-36(38)43)39-27-13-14-28-40(39)45-46-41-29-15-16-30-42(41)47(45)32-19-5-2-6-20-32/h1-30H/i1D,3D,4D,17D,18D. The van der Waals surface area contributed by atoms with Crippen molar-refractivity contribution >= 4 is 32.6 Å². The van der Waals surface area contributed by atoms with Crippen LogP contribution in [0.3, 0.4) is 0 Å². The van der Waals surface area contributed by atoms with Crippen LogP contribution in [0.15, 0.2) is 182 Å². The smallest absolute Gasteiger partial charge is 0.146 e. The number of benzene rings is 8. The van der Waals surface area contributed by atoms with E-state index in [1.165, 1.54) is 0 Å². The largest absolute Gasteiger partial charge is 0.292 e. The molecular weight excluding hydrogens is 569 g/mol. The molecule has 2 heteroatoms. The first-order chi connectivity index (χ1) is 25.4. The third-order valence-electron chi connectivity index (χ3n) is 8.91. The van der Waals surface area contributed by atoms with E-state index in [9.17, 15) is 0 Å². The van der Waals surface area contributed by atoms with E-state index in [0.29, 0.717) is 5.56 Å². The number of rotatable bonds is 5. The Bertz CT molecular complexity index is 2770. The van der Waals surface area contributed by atoms with Gasteiger partial charge in [-0.2, -0.15) is 0 Å². The van der Waals surface area contributed by atoms with Gasteiger partial charge in [-0.05, 0) is 79.2 Å². The molecule has 0 atom stereocenters. The van der Waals surface area contributed by atoms with Crippen LogP contribution in [0, 0.1) is 0 Å². The quantitative estimate of drug-likeness (QED) is 0.179. The van der Waals surface area contributed by atoms with Gasteiger partial charge < -0.3 is 0 Å². The lowest BCUT2D eigenvalue weighted by Crippen LogP contribution is -1.99. The van der Waals surface area contributed by atoms with Gasteiger partial charge in [0.2, 0.25) is 0 Å². The van der Waals surface area contributed by atoms with Gasteiger partial charge in [0, 0.05) is 11.3 Å². The number of fused-ring (bicyclic) bond motifs is 3. The highest BCUT2D eigenvalue weighted by atomic mass is 15.1. The Hall–Kier alpha value is -6.25. The van der Waals surface area contributed by atoms with Crippen LogP contribution in [0.5, 0.6) is 0 Å². The molecule has 1 heterocycles. The number of nitrogens with zero attached hydrogens (tertiary/aromatic N) is 2. The van der Waals surface area contributed by atoms with Crippen molar-refractivity contribution in [2.24, 2.45) is 0 Å². The molecule has 0 spiro atoms. The zero-order valence-electron chi connectivity index (χ0n) is 30.3. The predicted octanol–water partition coefficient (Wildman–Crippen LogP) is 12.0. The summed E-state index contributed by atoms with van der Waals surface area (Å²) in [6, 6.07) is 49.7. The summed E-state index contributed by atoms with van der Waals surface area (Å²) in [7, 11) is 0. The van der Waals surface area contributed by atoms with Gasteiger partial charge in [-0.3, -0.25) is 4.57 Å². The van der Waals surface area contributed by atoms with Crippen molar-refractivity contribution < 1.29 is 6.85 Å². The Kier molecular flexibility index (Phi) is 5.35. The molecule has 0 amide bonds. The van der Waals surface area contributed by atoms with E-state index < -0.39 is 6.04 Å². The maximum absolute atomic E-state index is 8.85. The topological polar surface area (TPSA) is 17.8 Å². The van der Waals surface area contributed by atoms with Crippen LogP contribution in [0.2, 0.25) is 0 Å². The predicted molar refractivity (Wildman–Crippen MR) is 198 cm³/mol. The first-order valence-corrected chi connectivity index (χ1v) is 15.7. The number of aromatic nitrogens is 2. The molecule has 0 fully saturated rings. The fraction of sp³-hybridized carbons (Fsp3) is 0. The third-order valence-corrected chi connectivity index (χ3v) is 8.91. The second-order valence-corrected chi connectivity index (χ2v) is 11.5. The van der Waals surface area contributed by atoms with Gasteiger partial charge in [0.25, 0.3) is 0 Å². The molecule has 0 radical (unpaired) electrons. The highest BCUT2D eigenvalue weighted by Crippen LogP contribution is 2.48. The van der Waals surface area contributed by atoms with Crippen LogP contribution < -0.4 is 0 Å². The van der Waals surface area contributed by atoms with Gasteiger partial charge in [0.15, 0.2) is 0 Å². The molecule has 0 aliphatic heterocycles. The Balaban J connectivity index is 1.37. The minimum atomic E-state index is -0.407. The summed E-state index contributed by atoms with van der Waals surface area (Å²) in [5.41, 5.74) is 8.54. The molecule has 0 bridgehead atoms. The SMILES string of the molecule is [2H]c1c([2H])c([2H])c(-c2ccccc2-c2c3ccccc3c(-c3ccccc3-c3nc4ccccc4n3-c3ccccc3)c3ccccc23)c([2H])c1[2H]. The monoisotopic (exact) mass is 603 g/mol. The average molecular weight is 604 g/mol. The molecule has 0 N–H and O–H groups in total. The molecule has 220 valence electrons. The van der Waals surface area contributed by atoms with Crippen LogP contribution in [0.4, 0.5) is 0 Å². The molecular formula is C45H30N2. The van der Waals surface area contributed by atoms with Crippen molar-refractivity contribution in [1.82, 2.24) is 9.55 Å². The molecule has 0 saturated heterocycles. The maximum atomic E-state index is 8.85. The van der Waals surface area contributed by atoms with Crippen molar-refractivity contribution in [3.63, 3.8) is 0 Å². The molecule has 0 aliphatic carbocycles. The molecule has 47 heavy (non-hydrogen) atoms. The van der Waals surface area contributed by atoms with Crippen molar-refractivity contribution in [3.05, 3.63) is 182 Å². The summed E-state index contributed by atoms with van der Waals surface area (Å²) in [4.78, 5) is 5.24. The van der Waals surface area contributed by atoms with Gasteiger partial charge in [0.05, 0.1) is 17.9 Å². The van der Waals surface area contributed by atoms with Crippen molar-refractivity contribution in [2.45, 2.75) is 0 Å². The second kappa shape index (κ2) is 11.3. The van der Waals surface area contributed by atoms with Crippen LogP contribution in [0.1, 0.15) is 6.85 Å². The number of imidazole rings is 1. The fourth-order valence-corrected chi connectivity index (χ4v) is 6.95. The van der Waals surface area contributed by atoms with Gasteiger partial charge in [-0.15, -0.1) is 0 Å². The lowest BCUT2D eigenvalue weighted by Gasteiger charge is -2.21. The number of hydrogen-bond acceptors (Lipinski definition) is 1. The van der Waals surface area contributed by atoms with E-state index >= 15 is 0 Å². The van der Waals surface area contributed by atoms with Crippen molar-refractivity contribution in [1.29, 1.82) is 0 Å². The van der Waals surface area contributed by atoms with E-state index in [1.54, 1.807) is 0 Å². The van der Waals surface area contributed by atoms with E-state index in [2.05, 4.69) is 71.3 Å². The summed E-state index contributed by atoms with van der Waals surface area (Å²) in [5.74, 6) is 0.840. The Morgan fingerprint density at radius 2 is 0.894 bits per heavy atom. The van der Waals surface area contributed by atoms with E-state index in [1.807, 2.05) is 84.9 Å². The Morgan fingerprint density at radius 1 is 0.426 bits per heavy atom. The highest BCUT2D eigenvalue weighted by molar-refractivity contribution is 6.23. The van der Waals surface area contributed by atoms with Gasteiger partial charge in [-0.1, -0.05) is 158 Å². The first-order valence-electron chi connectivity index (χ1n) is 18.2. The van der Waals surface area contributed by atoms with Gasteiger partial charge in [-0.25, -0.2) is 4.98 Å². The molecule has 0 aliphatic rings. The summed E-state index contributed by atoms with van der Waals surface area (Å²) >= 11 is 0. The van der Waals surface area contributed by atoms with Crippen LogP contribution in [-0.2, 0) is 0 Å². The fourth-order valence-electron chi connectivity index (χ4n) is 6.95. The van der Waals surface area contributed by atoms with Gasteiger partial charge >= 0.3 is 0 Å². The second-order valence-electron chi connectivity index (χ2n) is 11.5. The molecule has 9 rings (SSSR count). The molecule has 1 aromatic heterocycles. The summed E-state index contributed by atoms with van der Waals surface area (Å²) < 4.78 is 45.0. The Labute approximate surface area is 280 Å². The summed E-state index contributed by atoms with van der Waals surface area (Å²) in [5, 5.41) is 4.04. The normalized spacial score (nSPS) is 12.9. The summed E-state index contributed by atoms with van der Waals surface area (Å²) in [6.07, 6.45) is 0. The number of hydrogen-bond donors (Lipinski definition) is 0. The lowest BCUT2D eigenvalue weighted by atomic mass is 9.83. The van der Waals surface area contributed by atoms with E-state index in [4.69, 9.17) is 11.8 Å². The Morgan fingerprint density at radius 3 is 1.51 bits per heavy atom. The van der Waals surface area contributed by atoms with Gasteiger partial charge in [0.1, 0.15) is 5.82 Å². The summed E-state index contributed by atoms with van der Waals surface area (Å²) in [6.45, 7) is 0. The molecule has 0 unspecified atom stereocenters. The van der Waals surface area contributed by atoms with Crippen molar-refractivity contribution in [2.75, 3.05) is 0 Å². The molecule has 9 aromatic rings. The average Bonchev–Trinajstić information content (AvgIpc) is 3.59. The van der Waals surface area contributed by atoms with E-state index in [0.717, 1.165) is 71.9 Å². The molecule has 8 aromatic carbocycles. The number of para-hydroxylation sites is 3. The maximum Gasteiger partial charge on any atom is 0.146 e. The highest BCUT2D eigenvalue weighted by Gasteiger charge is 2.22.